The molecule has 0 saturated carbocycles. The minimum atomic E-state index is -0.737. The number of ether oxygens (including phenoxy) is 1. The number of halogens is 2. The number of nitrogens with zero attached hydrogens (tertiary/aromatic N) is 2. The lowest BCUT2D eigenvalue weighted by Crippen LogP contribution is -2.32. The Kier molecular flexibility index (Phi) is 7.17. The third-order valence-electron chi connectivity index (χ3n) is 6.07. The lowest BCUT2D eigenvalue weighted by atomic mass is 10.1. The van der Waals surface area contributed by atoms with Gasteiger partial charge < -0.3 is 9.64 Å². The van der Waals surface area contributed by atoms with Gasteiger partial charge in [0.05, 0.1) is 24.2 Å². The van der Waals surface area contributed by atoms with Crippen LogP contribution in [0.3, 0.4) is 0 Å². The molecule has 0 fully saturated rings. The molecule has 0 bridgehead atoms. The normalized spacial score (nSPS) is 10.9. The van der Waals surface area contributed by atoms with E-state index in [1.807, 2.05) is 66.7 Å². The van der Waals surface area contributed by atoms with Gasteiger partial charge in [-0.05, 0) is 54.1 Å². The first-order valence-corrected chi connectivity index (χ1v) is 11.9. The van der Waals surface area contributed by atoms with Crippen LogP contribution < -0.4 is 9.64 Å². The van der Waals surface area contributed by atoms with Crippen molar-refractivity contribution in [3.63, 3.8) is 0 Å². The Balaban J connectivity index is 1.34. The molecule has 0 unspecified atom stereocenters. The highest BCUT2D eigenvalue weighted by atomic mass is 19.1. The van der Waals surface area contributed by atoms with Gasteiger partial charge in [0, 0.05) is 16.6 Å². The van der Waals surface area contributed by atoms with Crippen LogP contribution in [0.25, 0.3) is 10.9 Å². The average molecular weight is 495 g/mol. The lowest BCUT2D eigenvalue weighted by Gasteiger charge is -2.24. The monoisotopic (exact) mass is 494 g/mol. The molecule has 1 aromatic heterocycles. The molecule has 184 valence electrons. The van der Waals surface area contributed by atoms with Crippen LogP contribution in [0, 0.1) is 11.6 Å². The first kappa shape index (κ1) is 24.1. The second-order valence-electron chi connectivity index (χ2n) is 8.62. The number of fused-ring (bicyclic) bond motifs is 1. The zero-order chi connectivity index (χ0) is 25.6. The lowest BCUT2D eigenvalue weighted by molar-refractivity contribution is -0.118. The predicted molar refractivity (Wildman–Crippen MR) is 140 cm³/mol. The van der Waals surface area contributed by atoms with Gasteiger partial charge in [-0.2, -0.15) is 0 Å². The van der Waals surface area contributed by atoms with E-state index in [-0.39, 0.29) is 12.1 Å². The van der Waals surface area contributed by atoms with Crippen molar-refractivity contribution in [2.45, 2.75) is 19.6 Å². The van der Waals surface area contributed by atoms with Gasteiger partial charge in [0.15, 0.2) is 0 Å². The number of hydrogen-bond donors (Lipinski definition) is 0. The van der Waals surface area contributed by atoms with Crippen molar-refractivity contribution in [3.05, 3.63) is 138 Å². The summed E-state index contributed by atoms with van der Waals surface area (Å²) in [4.78, 5) is 19.4. The maximum atomic E-state index is 14.2. The molecule has 5 rings (SSSR count). The van der Waals surface area contributed by atoms with Gasteiger partial charge in [0.1, 0.15) is 24.0 Å². The molecule has 1 heterocycles. The molecule has 0 aliphatic rings. The van der Waals surface area contributed by atoms with E-state index in [0.29, 0.717) is 18.0 Å². The SMILES string of the molecule is O=C(Cc1c(F)cccc1F)N(Cc1ccccc1)c1ccc(OCc2ccc3ccccc3n2)cc1. The van der Waals surface area contributed by atoms with E-state index < -0.39 is 24.0 Å². The Morgan fingerprint density at radius 3 is 2.22 bits per heavy atom. The first-order chi connectivity index (χ1) is 18.1. The average Bonchev–Trinajstić information content (AvgIpc) is 2.93. The van der Waals surface area contributed by atoms with Crippen LogP contribution in [-0.2, 0) is 24.4 Å². The fourth-order valence-corrected chi connectivity index (χ4v) is 4.11. The second kappa shape index (κ2) is 11.0. The van der Waals surface area contributed by atoms with Crippen LogP contribution >= 0.6 is 0 Å². The van der Waals surface area contributed by atoms with E-state index in [1.165, 1.54) is 11.0 Å². The molecule has 4 nitrogen and oxygen atoms in total. The summed E-state index contributed by atoms with van der Waals surface area (Å²) in [7, 11) is 0. The molecular formula is C31H24F2N2O2. The number of aromatic nitrogens is 1. The molecule has 0 saturated heterocycles. The van der Waals surface area contributed by atoms with Crippen LogP contribution in [0.4, 0.5) is 14.5 Å². The summed E-state index contributed by atoms with van der Waals surface area (Å²) >= 11 is 0. The number of carbonyl (C=O) groups excluding carboxylic acids is 1. The molecule has 5 aromatic rings. The molecule has 37 heavy (non-hydrogen) atoms. The van der Waals surface area contributed by atoms with Gasteiger partial charge in [-0.25, -0.2) is 13.8 Å². The summed E-state index contributed by atoms with van der Waals surface area (Å²) in [6.07, 6.45) is -0.392. The standard InChI is InChI=1S/C31H24F2N2O2/c32-28-10-6-11-29(33)27(28)19-31(36)35(20-22-7-2-1-3-8-22)25-15-17-26(18-16-25)37-21-24-14-13-23-9-4-5-12-30(23)34-24/h1-18H,19-21H2. The molecule has 0 aliphatic carbocycles. The Bertz CT molecular complexity index is 1500. The van der Waals surface area contributed by atoms with E-state index in [0.717, 1.165) is 34.3 Å². The molecule has 0 aliphatic heterocycles. The van der Waals surface area contributed by atoms with Gasteiger partial charge >= 0.3 is 0 Å². The Labute approximate surface area is 213 Å². The summed E-state index contributed by atoms with van der Waals surface area (Å²) in [5, 5.41) is 1.06. The molecule has 6 heteroatoms. The van der Waals surface area contributed by atoms with Crippen LogP contribution in [0.5, 0.6) is 5.75 Å². The third-order valence-corrected chi connectivity index (χ3v) is 6.07. The van der Waals surface area contributed by atoms with Crippen molar-refractivity contribution in [1.82, 2.24) is 4.98 Å². The summed E-state index contributed by atoms with van der Waals surface area (Å²) in [5.74, 6) is -1.27. The largest absolute Gasteiger partial charge is 0.487 e. The van der Waals surface area contributed by atoms with Gasteiger partial charge in [-0.3, -0.25) is 4.79 Å². The quantitative estimate of drug-likeness (QED) is 0.236. The number of carbonyl (C=O) groups is 1. The molecule has 0 atom stereocenters. The Morgan fingerprint density at radius 2 is 1.46 bits per heavy atom. The highest BCUT2D eigenvalue weighted by Gasteiger charge is 2.20. The number of amides is 1. The smallest absolute Gasteiger partial charge is 0.231 e. The minimum Gasteiger partial charge on any atom is -0.487 e. The third kappa shape index (κ3) is 5.81. The van der Waals surface area contributed by atoms with E-state index in [4.69, 9.17) is 4.74 Å². The number of benzene rings is 4. The second-order valence-corrected chi connectivity index (χ2v) is 8.62. The van der Waals surface area contributed by atoms with E-state index in [2.05, 4.69) is 4.98 Å². The summed E-state index contributed by atoms with van der Waals surface area (Å²) < 4.78 is 34.4. The van der Waals surface area contributed by atoms with Crippen molar-refractivity contribution in [2.24, 2.45) is 0 Å². The predicted octanol–water partition coefficient (Wildman–Crippen LogP) is 6.87. The fourth-order valence-electron chi connectivity index (χ4n) is 4.11. The zero-order valence-corrected chi connectivity index (χ0v) is 20.0. The molecule has 0 N–H and O–H groups in total. The Morgan fingerprint density at radius 1 is 0.757 bits per heavy atom. The zero-order valence-electron chi connectivity index (χ0n) is 20.0. The van der Waals surface area contributed by atoms with Crippen molar-refractivity contribution in [3.8, 4) is 5.75 Å². The number of pyridine rings is 1. The number of para-hydroxylation sites is 1. The van der Waals surface area contributed by atoms with Crippen molar-refractivity contribution >= 4 is 22.5 Å². The van der Waals surface area contributed by atoms with Crippen molar-refractivity contribution in [1.29, 1.82) is 0 Å². The maximum absolute atomic E-state index is 14.2. The Hall–Kier alpha value is -4.58. The van der Waals surface area contributed by atoms with Crippen LogP contribution in [0.1, 0.15) is 16.8 Å². The van der Waals surface area contributed by atoms with Gasteiger partial charge in [0.2, 0.25) is 5.91 Å². The van der Waals surface area contributed by atoms with Crippen LogP contribution in [-0.4, -0.2) is 10.9 Å². The van der Waals surface area contributed by atoms with E-state index >= 15 is 0 Å². The first-order valence-electron chi connectivity index (χ1n) is 11.9. The van der Waals surface area contributed by atoms with Crippen molar-refractivity contribution < 1.29 is 18.3 Å². The maximum Gasteiger partial charge on any atom is 0.231 e. The number of anilines is 1. The molecule has 4 aromatic carbocycles. The van der Waals surface area contributed by atoms with Gasteiger partial charge in [0.25, 0.3) is 0 Å². The molecule has 1 amide bonds. The fraction of sp³-hybridized carbons (Fsp3) is 0.0968. The highest BCUT2D eigenvalue weighted by molar-refractivity contribution is 5.94. The van der Waals surface area contributed by atoms with Gasteiger partial charge in [-0.15, -0.1) is 0 Å². The minimum absolute atomic E-state index is 0.242. The summed E-state index contributed by atoms with van der Waals surface area (Å²) in [5.41, 5.74) is 2.96. The van der Waals surface area contributed by atoms with Crippen LogP contribution in [0.2, 0.25) is 0 Å². The molecule has 0 spiro atoms. The summed E-state index contributed by atoms with van der Waals surface area (Å²) in [6.45, 7) is 0.556. The van der Waals surface area contributed by atoms with Crippen LogP contribution in [0.15, 0.2) is 109 Å². The number of rotatable bonds is 8. The van der Waals surface area contributed by atoms with Crippen molar-refractivity contribution in [2.75, 3.05) is 4.90 Å². The van der Waals surface area contributed by atoms with E-state index in [9.17, 15) is 13.6 Å². The number of hydrogen-bond acceptors (Lipinski definition) is 3. The van der Waals surface area contributed by atoms with Gasteiger partial charge in [-0.1, -0.05) is 60.7 Å². The van der Waals surface area contributed by atoms with E-state index in [1.54, 1.807) is 24.3 Å². The summed E-state index contributed by atoms with van der Waals surface area (Å²) in [6, 6.07) is 31.9. The topological polar surface area (TPSA) is 42.4 Å². The highest BCUT2D eigenvalue weighted by Crippen LogP contribution is 2.24. The molecule has 0 radical (unpaired) electrons. The molecular weight excluding hydrogens is 470 g/mol.